The summed E-state index contributed by atoms with van der Waals surface area (Å²) in [5.74, 6) is 0.639. The van der Waals surface area contributed by atoms with Gasteiger partial charge in [-0.3, -0.25) is 4.79 Å². The number of halogens is 2. The van der Waals surface area contributed by atoms with Crippen LogP contribution in [0.3, 0.4) is 0 Å². The Labute approximate surface area is 152 Å². The SMILES string of the molecule is CCCCNC(=O)c1ccc(NCCc2ccc(Cl)cc2Cl)nc1. The molecule has 0 saturated heterocycles. The van der Waals surface area contributed by atoms with Crippen molar-refractivity contribution in [2.24, 2.45) is 0 Å². The Hall–Kier alpha value is -1.78. The number of amides is 1. The lowest BCUT2D eigenvalue weighted by atomic mass is 10.1. The number of carbonyl (C=O) groups is 1. The molecular formula is C18H21Cl2N3O. The van der Waals surface area contributed by atoms with Crippen LogP contribution in [0.15, 0.2) is 36.5 Å². The number of hydrogen-bond donors (Lipinski definition) is 2. The van der Waals surface area contributed by atoms with Crippen LogP contribution in [0.1, 0.15) is 35.7 Å². The van der Waals surface area contributed by atoms with Gasteiger partial charge in [-0.2, -0.15) is 0 Å². The number of benzene rings is 1. The van der Waals surface area contributed by atoms with E-state index in [0.717, 1.165) is 30.6 Å². The molecule has 4 nitrogen and oxygen atoms in total. The van der Waals surface area contributed by atoms with Gasteiger partial charge in [0.2, 0.25) is 0 Å². The fraction of sp³-hybridized carbons (Fsp3) is 0.333. The number of carbonyl (C=O) groups excluding carboxylic acids is 1. The van der Waals surface area contributed by atoms with Crippen molar-refractivity contribution < 1.29 is 4.79 Å². The molecule has 0 unspecified atom stereocenters. The monoisotopic (exact) mass is 365 g/mol. The van der Waals surface area contributed by atoms with Crippen LogP contribution in [0.2, 0.25) is 10.0 Å². The van der Waals surface area contributed by atoms with Crippen LogP contribution in [0.25, 0.3) is 0 Å². The zero-order chi connectivity index (χ0) is 17.4. The van der Waals surface area contributed by atoms with E-state index in [1.807, 2.05) is 12.1 Å². The van der Waals surface area contributed by atoms with Crippen molar-refractivity contribution in [2.75, 3.05) is 18.4 Å². The first-order valence-electron chi connectivity index (χ1n) is 8.02. The van der Waals surface area contributed by atoms with Crippen LogP contribution in [0.5, 0.6) is 0 Å². The molecule has 0 saturated carbocycles. The molecule has 0 fully saturated rings. The Morgan fingerprint density at radius 3 is 2.67 bits per heavy atom. The summed E-state index contributed by atoms with van der Waals surface area (Å²) < 4.78 is 0. The number of nitrogens with zero attached hydrogens (tertiary/aromatic N) is 1. The van der Waals surface area contributed by atoms with Gasteiger partial charge in [0.15, 0.2) is 0 Å². The van der Waals surface area contributed by atoms with Gasteiger partial charge in [-0.25, -0.2) is 4.98 Å². The molecule has 0 radical (unpaired) electrons. The quantitative estimate of drug-likeness (QED) is 0.673. The van der Waals surface area contributed by atoms with Gasteiger partial charge in [-0.15, -0.1) is 0 Å². The molecule has 2 N–H and O–H groups in total. The minimum Gasteiger partial charge on any atom is -0.370 e. The minimum absolute atomic E-state index is 0.0875. The average Bonchev–Trinajstić information content (AvgIpc) is 2.57. The second-order valence-corrected chi connectivity index (χ2v) is 6.30. The Kier molecular flexibility index (Phi) is 7.35. The summed E-state index contributed by atoms with van der Waals surface area (Å²) in [5.41, 5.74) is 1.60. The van der Waals surface area contributed by atoms with Crippen molar-refractivity contribution in [2.45, 2.75) is 26.2 Å². The summed E-state index contributed by atoms with van der Waals surface area (Å²) in [5, 5.41) is 7.38. The van der Waals surface area contributed by atoms with Gasteiger partial charge in [-0.1, -0.05) is 42.6 Å². The van der Waals surface area contributed by atoms with Crippen molar-refractivity contribution in [3.05, 3.63) is 57.7 Å². The maximum atomic E-state index is 11.9. The second-order valence-electron chi connectivity index (χ2n) is 5.45. The predicted octanol–water partition coefficient (Wildman–Crippen LogP) is 4.57. The van der Waals surface area contributed by atoms with Crippen LogP contribution < -0.4 is 10.6 Å². The van der Waals surface area contributed by atoms with Gasteiger partial charge in [0.25, 0.3) is 5.91 Å². The third kappa shape index (κ3) is 5.69. The van der Waals surface area contributed by atoms with Gasteiger partial charge < -0.3 is 10.6 Å². The van der Waals surface area contributed by atoms with E-state index >= 15 is 0 Å². The second kappa shape index (κ2) is 9.50. The van der Waals surface area contributed by atoms with Crippen LogP contribution in [-0.4, -0.2) is 24.0 Å². The number of anilines is 1. The van der Waals surface area contributed by atoms with E-state index in [4.69, 9.17) is 23.2 Å². The lowest BCUT2D eigenvalue weighted by Gasteiger charge is -2.08. The average molecular weight is 366 g/mol. The Bertz CT molecular complexity index is 674. The highest BCUT2D eigenvalue weighted by atomic mass is 35.5. The smallest absolute Gasteiger partial charge is 0.252 e. The van der Waals surface area contributed by atoms with Crippen LogP contribution in [0, 0.1) is 0 Å². The van der Waals surface area contributed by atoms with Gasteiger partial charge in [0.05, 0.1) is 5.56 Å². The number of nitrogens with one attached hydrogen (secondary N) is 2. The highest BCUT2D eigenvalue weighted by molar-refractivity contribution is 6.35. The molecule has 0 bridgehead atoms. The first-order valence-corrected chi connectivity index (χ1v) is 8.77. The fourth-order valence-corrected chi connectivity index (χ4v) is 2.67. The molecule has 1 amide bonds. The molecule has 0 aliphatic rings. The molecule has 0 aliphatic carbocycles. The maximum Gasteiger partial charge on any atom is 0.252 e. The summed E-state index contributed by atoms with van der Waals surface area (Å²) in [6.45, 7) is 3.47. The van der Waals surface area contributed by atoms with Crippen LogP contribution in [0.4, 0.5) is 5.82 Å². The summed E-state index contributed by atoms with van der Waals surface area (Å²) in [6, 6.07) is 9.06. The lowest BCUT2D eigenvalue weighted by Crippen LogP contribution is -2.24. The van der Waals surface area contributed by atoms with Gasteiger partial charge in [0, 0.05) is 29.3 Å². The maximum absolute atomic E-state index is 11.9. The van der Waals surface area contributed by atoms with Gasteiger partial charge in [0.1, 0.15) is 5.82 Å². The minimum atomic E-state index is -0.0875. The molecule has 2 aromatic rings. The first kappa shape index (κ1) is 18.6. The summed E-state index contributed by atoms with van der Waals surface area (Å²) in [6.07, 6.45) is 4.38. The standard InChI is InChI=1S/C18H21Cl2N3O/c1-2-3-9-22-18(24)14-5-7-17(23-12-14)21-10-8-13-4-6-15(19)11-16(13)20/h4-7,11-12H,2-3,8-10H2,1H3,(H,21,23)(H,22,24). The van der Waals surface area contributed by atoms with E-state index in [1.54, 1.807) is 24.4 Å². The molecule has 0 aliphatic heterocycles. The fourth-order valence-electron chi connectivity index (χ4n) is 2.16. The molecule has 6 heteroatoms. The van der Waals surface area contributed by atoms with Crippen molar-refractivity contribution >= 4 is 34.9 Å². The van der Waals surface area contributed by atoms with E-state index in [9.17, 15) is 4.79 Å². The van der Waals surface area contributed by atoms with Crippen molar-refractivity contribution in [1.29, 1.82) is 0 Å². The molecule has 0 atom stereocenters. The Balaban J connectivity index is 1.82. The van der Waals surface area contributed by atoms with E-state index < -0.39 is 0 Å². The zero-order valence-corrected chi connectivity index (χ0v) is 15.1. The van der Waals surface area contributed by atoms with Gasteiger partial charge in [-0.05, 0) is 42.7 Å². The van der Waals surface area contributed by atoms with Crippen molar-refractivity contribution in [1.82, 2.24) is 10.3 Å². The molecule has 0 spiro atoms. The van der Waals surface area contributed by atoms with E-state index in [0.29, 0.717) is 28.7 Å². The molecule has 2 rings (SSSR count). The first-order chi connectivity index (χ1) is 11.6. The predicted molar refractivity (Wildman–Crippen MR) is 100 cm³/mol. The largest absolute Gasteiger partial charge is 0.370 e. The third-order valence-electron chi connectivity index (χ3n) is 3.56. The molecule has 1 heterocycles. The van der Waals surface area contributed by atoms with Crippen molar-refractivity contribution in [3.8, 4) is 0 Å². The highest BCUT2D eigenvalue weighted by Gasteiger charge is 2.05. The number of unbranched alkanes of at least 4 members (excludes halogenated alkanes) is 1. The third-order valence-corrected chi connectivity index (χ3v) is 4.14. The number of rotatable bonds is 8. The Morgan fingerprint density at radius 1 is 1.17 bits per heavy atom. The Morgan fingerprint density at radius 2 is 2.00 bits per heavy atom. The van der Waals surface area contributed by atoms with Crippen molar-refractivity contribution in [3.63, 3.8) is 0 Å². The van der Waals surface area contributed by atoms with E-state index in [2.05, 4.69) is 22.5 Å². The molecule has 1 aromatic heterocycles. The molecular weight excluding hydrogens is 345 g/mol. The summed E-state index contributed by atoms with van der Waals surface area (Å²) >= 11 is 12.0. The molecule has 128 valence electrons. The zero-order valence-electron chi connectivity index (χ0n) is 13.6. The lowest BCUT2D eigenvalue weighted by molar-refractivity contribution is 0.0953. The van der Waals surface area contributed by atoms with Crippen LogP contribution >= 0.6 is 23.2 Å². The topological polar surface area (TPSA) is 54.0 Å². The van der Waals surface area contributed by atoms with Gasteiger partial charge >= 0.3 is 0 Å². The van der Waals surface area contributed by atoms with E-state index in [1.165, 1.54) is 0 Å². The summed E-state index contributed by atoms with van der Waals surface area (Å²) in [7, 11) is 0. The van der Waals surface area contributed by atoms with E-state index in [-0.39, 0.29) is 5.91 Å². The molecule has 24 heavy (non-hydrogen) atoms. The molecule has 1 aromatic carbocycles. The number of aromatic nitrogens is 1. The number of pyridine rings is 1. The summed E-state index contributed by atoms with van der Waals surface area (Å²) in [4.78, 5) is 16.2. The normalized spacial score (nSPS) is 10.5. The number of hydrogen-bond acceptors (Lipinski definition) is 3. The highest BCUT2D eigenvalue weighted by Crippen LogP contribution is 2.21. The van der Waals surface area contributed by atoms with Crippen LogP contribution in [-0.2, 0) is 6.42 Å².